The number of pyridine rings is 1. The van der Waals surface area contributed by atoms with Gasteiger partial charge in [0.15, 0.2) is 11.0 Å². The molecular weight excluding hydrogens is 669 g/mol. The second kappa shape index (κ2) is 13.1. The predicted molar refractivity (Wildman–Crippen MR) is 226 cm³/mol. The largest absolute Gasteiger partial charge is 0.294 e. The van der Waals surface area contributed by atoms with E-state index in [2.05, 4.69) is 222 Å². The fourth-order valence-electron chi connectivity index (χ4n) is 8.24. The fourth-order valence-corrected chi connectivity index (χ4v) is 8.24. The molecule has 0 aliphatic heterocycles. The molecule has 0 unspecified atom stereocenters. The van der Waals surface area contributed by atoms with Crippen LogP contribution in [0.2, 0.25) is 0 Å². The molecule has 55 heavy (non-hydrogen) atoms. The average Bonchev–Trinajstić information content (AvgIpc) is 3.81. The molecule has 10 rings (SSSR count). The second-order valence-corrected chi connectivity index (χ2v) is 14.8. The Morgan fingerprint density at radius 2 is 1.15 bits per heavy atom. The smallest absolute Gasteiger partial charge is 0.255 e. The first-order chi connectivity index (χ1) is 27.0. The number of hydrogen-bond acceptors (Lipinski definition) is 1. The average molecular weight is 708 g/mol. The van der Waals surface area contributed by atoms with Crippen molar-refractivity contribution in [1.29, 1.82) is 0 Å². The third-order valence-electron chi connectivity index (χ3n) is 11.2. The quantitative estimate of drug-likeness (QED) is 0.152. The molecule has 0 atom stereocenters. The molecule has 0 bridgehead atoms. The van der Waals surface area contributed by atoms with Gasteiger partial charge in [0.1, 0.15) is 17.2 Å². The summed E-state index contributed by atoms with van der Waals surface area (Å²) in [6.45, 7) is 4.66. The van der Waals surface area contributed by atoms with E-state index in [-0.39, 0.29) is 5.41 Å². The first-order valence-electron chi connectivity index (χ1n) is 18.9. The molecule has 0 spiro atoms. The van der Waals surface area contributed by atoms with Crippen molar-refractivity contribution in [2.75, 3.05) is 0 Å². The molecule has 10 aromatic rings. The van der Waals surface area contributed by atoms with Crippen molar-refractivity contribution in [2.45, 2.75) is 19.3 Å². The fraction of sp³-hybridized carbons (Fsp3) is 0.0588. The molecule has 3 heterocycles. The van der Waals surface area contributed by atoms with Crippen molar-refractivity contribution in [3.63, 3.8) is 0 Å². The van der Waals surface area contributed by atoms with Gasteiger partial charge in [0, 0.05) is 22.4 Å². The maximum absolute atomic E-state index is 5.01. The molecule has 0 aliphatic rings. The van der Waals surface area contributed by atoms with Crippen LogP contribution in [0.15, 0.2) is 201 Å². The van der Waals surface area contributed by atoms with Gasteiger partial charge in [0.05, 0.1) is 11.0 Å². The molecule has 0 radical (unpaired) electrons. The molecule has 3 aromatic heterocycles. The van der Waals surface area contributed by atoms with Crippen LogP contribution in [0.25, 0.3) is 72.3 Å². The summed E-state index contributed by atoms with van der Waals surface area (Å²) in [5.74, 6) is 0.898. The van der Waals surface area contributed by atoms with Crippen LogP contribution in [0.3, 0.4) is 0 Å². The van der Waals surface area contributed by atoms with E-state index in [9.17, 15) is 0 Å². The van der Waals surface area contributed by atoms with Gasteiger partial charge in [-0.05, 0) is 94.0 Å². The van der Waals surface area contributed by atoms with Crippen molar-refractivity contribution >= 4 is 32.8 Å². The van der Waals surface area contributed by atoms with E-state index in [4.69, 9.17) is 4.98 Å². The van der Waals surface area contributed by atoms with E-state index in [0.29, 0.717) is 0 Å². The lowest BCUT2D eigenvalue weighted by molar-refractivity contribution is -0.567. The summed E-state index contributed by atoms with van der Waals surface area (Å²) in [6, 6.07) is 67.4. The lowest BCUT2D eigenvalue weighted by Gasteiger charge is -2.26. The zero-order valence-corrected chi connectivity index (χ0v) is 30.8. The van der Waals surface area contributed by atoms with Crippen LogP contribution in [0.5, 0.6) is 0 Å². The van der Waals surface area contributed by atoms with Gasteiger partial charge >= 0.3 is 0 Å². The Balaban J connectivity index is 1.09. The molecular formula is C51H39N4+. The standard InChI is InChI=1S/C51H39N4/c1-51(2,38-18-15-21-41(33-38)54-35-53(40-19-7-4-8-20-40)47-26-13-14-27-48(47)54)39-28-29-45-44-24-11-12-25-46(44)55(49(45)34-39)50-32-37(30-31-52-50)43-23-10-9-22-42(43)36-16-5-3-6-17-36/h3-35H,1-2H3/q+1. The molecule has 0 N–H and O–H groups in total. The summed E-state index contributed by atoms with van der Waals surface area (Å²) in [6.07, 6.45) is 4.15. The van der Waals surface area contributed by atoms with Gasteiger partial charge < -0.3 is 0 Å². The van der Waals surface area contributed by atoms with Gasteiger partial charge in [-0.15, -0.1) is 0 Å². The number of imidazole rings is 1. The van der Waals surface area contributed by atoms with Crippen molar-refractivity contribution in [3.05, 3.63) is 212 Å². The summed E-state index contributed by atoms with van der Waals surface area (Å²) in [5.41, 5.74) is 13.8. The van der Waals surface area contributed by atoms with Crippen LogP contribution in [0.1, 0.15) is 25.0 Å². The molecule has 0 amide bonds. The van der Waals surface area contributed by atoms with Gasteiger partial charge in [0.25, 0.3) is 6.33 Å². The Labute approximate surface area is 320 Å². The molecule has 4 heteroatoms. The maximum Gasteiger partial charge on any atom is 0.255 e. The minimum Gasteiger partial charge on any atom is -0.294 e. The number of rotatable bonds is 7. The summed E-state index contributed by atoms with van der Waals surface area (Å²) in [7, 11) is 0. The topological polar surface area (TPSA) is 26.6 Å². The molecule has 0 saturated carbocycles. The van der Waals surface area contributed by atoms with Gasteiger partial charge in [-0.25, -0.2) is 4.98 Å². The third-order valence-corrected chi connectivity index (χ3v) is 11.2. The number of fused-ring (bicyclic) bond motifs is 4. The van der Waals surface area contributed by atoms with Crippen molar-refractivity contribution in [2.24, 2.45) is 0 Å². The number of nitrogens with zero attached hydrogens (tertiary/aromatic N) is 4. The lowest BCUT2D eigenvalue weighted by Crippen LogP contribution is -2.28. The van der Waals surface area contributed by atoms with Gasteiger partial charge in [0.2, 0.25) is 0 Å². The highest BCUT2D eigenvalue weighted by Gasteiger charge is 2.27. The van der Waals surface area contributed by atoms with E-state index in [1.54, 1.807) is 0 Å². The Morgan fingerprint density at radius 3 is 1.96 bits per heavy atom. The summed E-state index contributed by atoms with van der Waals surface area (Å²) < 4.78 is 6.91. The molecule has 0 saturated heterocycles. The number of hydrogen-bond donors (Lipinski definition) is 0. The van der Waals surface area contributed by atoms with E-state index in [0.717, 1.165) is 44.8 Å². The van der Waals surface area contributed by atoms with Crippen LogP contribution >= 0.6 is 0 Å². The normalized spacial score (nSPS) is 11.8. The zero-order valence-electron chi connectivity index (χ0n) is 30.8. The van der Waals surface area contributed by atoms with E-state index < -0.39 is 0 Å². The van der Waals surface area contributed by atoms with Crippen molar-refractivity contribution in [1.82, 2.24) is 14.1 Å². The third kappa shape index (κ3) is 5.53. The lowest BCUT2D eigenvalue weighted by atomic mass is 9.77. The highest BCUT2D eigenvalue weighted by Crippen LogP contribution is 2.39. The van der Waals surface area contributed by atoms with E-state index in [1.807, 2.05) is 6.20 Å². The molecule has 262 valence electrons. The number of para-hydroxylation sites is 4. The summed E-state index contributed by atoms with van der Waals surface area (Å²) in [5, 5.41) is 2.43. The van der Waals surface area contributed by atoms with Crippen molar-refractivity contribution in [3.8, 4) is 39.4 Å². The Morgan fingerprint density at radius 1 is 0.491 bits per heavy atom. The minimum atomic E-state index is -0.298. The van der Waals surface area contributed by atoms with Crippen molar-refractivity contribution < 1.29 is 4.57 Å². The predicted octanol–water partition coefficient (Wildman–Crippen LogP) is 12.1. The molecule has 0 aliphatic carbocycles. The van der Waals surface area contributed by atoms with Crippen LogP contribution < -0.4 is 4.57 Å². The Kier molecular flexibility index (Phi) is 7.77. The number of aromatic nitrogens is 4. The van der Waals surface area contributed by atoms with Gasteiger partial charge in [-0.3, -0.25) is 4.57 Å². The van der Waals surface area contributed by atoms with Gasteiger partial charge in [-0.2, -0.15) is 9.13 Å². The zero-order chi connectivity index (χ0) is 36.9. The Hall–Kier alpha value is -7.04. The van der Waals surface area contributed by atoms with Crippen LogP contribution in [-0.4, -0.2) is 14.1 Å². The highest BCUT2D eigenvalue weighted by molar-refractivity contribution is 6.09. The van der Waals surface area contributed by atoms with Gasteiger partial charge in [-0.1, -0.05) is 141 Å². The monoisotopic (exact) mass is 707 g/mol. The highest BCUT2D eigenvalue weighted by atomic mass is 15.1. The molecule has 0 fully saturated rings. The molecule has 4 nitrogen and oxygen atoms in total. The minimum absolute atomic E-state index is 0.298. The first-order valence-corrected chi connectivity index (χ1v) is 18.9. The Bertz CT molecular complexity index is 3010. The first kappa shape index (κ1) is 32.6. The second-order valence-electron chi connectivity index (χ2n) is 14.8. The van der Waals surface area contributed by atoms with E-state index >= 15 is 0 Å². The summed E-state index contributed by atoms with van der Waals surface area (Å²) >= 11 is 0. The van der Waals surface area contributed by atoms with E-state index in [1.165, 1.54) is 38.6 Å². The summed E-state index contributed by atoms with van der Waals surface area (Å²) in [4.78, 5) is 5.01. The van der Waals surface area contributed by atoms with Crippen LogP contribution in [0.4, 0.5) is 0 Å². The molecule has 7 aromatic carbocycles. The van der Waals surface area contributed by atoms with Crippen LogP contribution in [-0.2, 0) is 5.41 Å². The SMILES string of the molecule is CC(C)(c1cccc(-n2c[n+](-c3ccccc3)c3ccccc32)c1)c1ccc2c3ccccc3n(-c3cc(-c4ccccc4-c4ccccc4)ccn3)c2c1. The van der Waals surface area contributed by atoms with Crippen LogP contribution in [0, 0.1) is 0 Å². The number of benzene rings is 7. The maximum atomic E-state index is 5.01.